The average Bonchev–Trinajstić information content (AvgIpc) is 3.22. The molecule has 0 saturated carbocycles. The maximum Gasteiger partial charge on any atom is 0.494 e. The van der Waals surface area contributed by atoms with Gasteiger partial charge >= 0.3 is 7.12 Å². The van der Waals surface area contributed by atoms with E-state index in [1.807, 2.05) is 0 Å². The minimum absolute atomic E-state index is 0.0287. The third-order valence-electron chi connectivity index (χ3n) is 8.12. The Kier molecular flexibility index (Phi) is 5.56. The molecule has 0 amide bonds. The molecule has 3 aromatic carbocycles. The Hall–Kier alpha value is -2.56. The molecule has 0 aliphatic carbocycles. The van der Waals surface area contributed by atoms with Crippen molar-refractivity contribution >= 4 is 34.4 Å². The van der Waals surface area contributed by atoms with Gasteiger partial charge in [-0.3, -0.25) is 0 Å². The molecule has 4 heteroatoms. The first-order valence-electron chi connectivity index (χ1n) is 13.1. The average molecular weight is 481 g/mol. The topological polar surface area (TPSA) is 23.4 Å². The molecule has 36 heavy (non-hydrogen) atoms. The van der Waals surface area contributed by atoms with E-state index in [4.69, 9.17) is 9.31 Å². The summed E-state index contributed by atoms with van der Waals surface area (Å²) in [5.41, 5.74) is 6.71. The Morgan fingerprint density at radius 1 is 0.694 bits per heavy atom. The largest absolute Gasteiger partial charge is 0.494 e. The quantitative estimate of drug-likeness (QED) is 0.274. The van der Waals surface area contributed by atoms with Gasteiger partial charge < -0.3 is 13.9 Å². The predicted octanol–water partition coefficient (Wildman–Crippen LogP) is 7.68. The zero-order valence-electron chi connectivity index (χ0n) is 23.6. The van der Waals surface area contributed by atoms with E-state index in [1.54, 1.807) is 0 Å². The molecule has 0 atom stereocenters. The van der Waals surface area contributed by atoms with Gasteiger partial charge in [0, 0.05) is 16.5 Å². The zero-order valence-corrected chi connectivity index (χ0v) is 23.6. The molecule has 1 saturated heterocycles. The summed E-state index contributed by atoms with van der Waals surface area (Å²) in [6.45, 7) is 22.2. The van der Waals surface area contributed by atoms with Gasteiger partial charge in [0.25, 0.3) is 0 Å². The van der Waals surface area contributed by atoms with Crippen LogP contribution < -0.4 is 5.46 Å². The van der Waals surface area contributed by atoms with Crippen molar-refractivity contribution in [1.29, 1.82) is 0 Å². The number of aromatic nitrogens is 1. The van der Waals surface area contributed by atoms with Gasteiger partial charge in [-0.2, -0.15) is 0 Å². The Morgan fingerprint density at radius 3 is 1.94 bits per heavy atom. The molecule has 1 aliphatic rings. The van der Waals surface area contributed by atoms with Gasteiger partial charge in [-0.05, 0) is 85.4 Å². The van der Waals surface area contributed by atoms with E-state index in [2.05, 4.69) is 134 Å². The van der Waals surface area contributed by atoms with Gasteiger partial charge in [0.2, 0.25) is 0 Å². The van der Waals surface area contributed by atoms with Crippen LogP contribution in [0.2, 0.25) is 0 Å². The summed E-state index contributed by atoms with van der Waals surface area (Å²) in [4.78, 5) is 0. The number of rotatable bonds is 2. The smallest absolute Gasteiger partial charge is 0.399 e. The van der Waals surface area contributed by atoms with Crippen LogP contribution in [0.5, 0.6) is 0 Å². The summed E-state index contributed by atoms with van der Waals surface area (Å²) >= 11 is 0. The predicted molar refractivity (Wildman–Crippen MR) is 154 cm³/mol. The van der Waals surface area contributed by atoms with Crippen molar-refractivity contribution in [2.24, 2.45) is 0 Å². The van der Waals surface area contributed by atoms with Gasteiger partial charge in [0.05, 0.1) is 22.2 Å². The van der Waals surface area contributed by atoms with Crippen LogP contribution in [0.25, 0.3) is 27.5 Å². The molecule has 4 aromatic rings. The number of hydrogen-bond acceptors (Lipinski definition) is 2. The molecule has 0 bridgehead atoms. The standard InChI is InChI=1S/C32H40BNO2/c1-29(2,3)21-17-18-26-24(19-21)28-25(30(4,5)6)15-12-16-27(28)34(26)23-14-11-13-22(20-23)33-35-31(7,8)32(9,10)36-33/h11-20H,1-10H3. The molecule has 5 rings (SSSR count). The normalized spacial score (nSPS) is 17.9. The van der Waals surface area contributed by atoms with E-state index in [0.29, 0.717) is 0 Å². The van der Waals surface area contributed by atoms with Crippen molar-refractivity contribution < 1.29 is 9.31 Å². The lowest BCUT2D eigenvalue weighted by Crippen LogP contribution is -2.41. The van der Waals surface area contributed by atoms with Gasteiger partial charge in [0.15, 0.2) is 0 Å². The van der Waals surface area contributed by atoms with E-state index in [-0.39, 0.29) is 29.2 Å². The fraction of sp³-hybridized carbons (Fsp3) is 0.438. The lowest BCUT2D eigenvalue weighted by Gasteiger charge is -2.32. The number of benzene rings is 3. The first kappa shape index (κ1) is 25.1. The van der Waals surface area contributed by atoms with Crippen LogP contribution in [0.1, 0.15) is 80.4 Å². The van der Waals surface area contributed by atoms with Crippen LogP contribution in [0, 0.1) is 0 Å². The molecule has 3 nitrogen and oxygen atoms in total. The highest BCUT2D eigenvalue weighted by Crippen LogP contribution is 2.41. The molecule has 1 aromatic heterocycles. The second kappa shape index (κ2) is 7.97. The molecule has 1 fully saturated rings. The molecule has 0 spiro atoms. The van der Waals surface area contributed by atoms with Crippen molar-refractivity contribution in [3.05, 3.63) is 71.8 Å². The Bertz CT molecular complexity index is 1450. The summed E-state index contributed by atoms with van der Waals surface area (Å²) in [7, 11) is -0.388. The fourth-order valence-electron chi connectivity index (χ4n) is 5.23. The van der Waals surface area contributed by atoms with Crippen molar-refractivity contribution in [1.82, 2.24) is 4.57 Å². The van der Waals surface area contributed by atoms with Crippen LogP contribution in [-0.2, 0) is 20.1 Å². The first-order chi connectivity index (χ1) is 16.6. The van der Waals surface area contributed by atoms with Crippen molar-refractivity contribution in [2.45, 2.75) is 91.3 Å². The van der Waals surface area contributed by atoms with Crippen LogP contribution in [0.3, 0.4) is 0 Å². The summed E-state index contributed by atoms with van der Waals surface area (Å²) in [6, 6.07) is 22.4. The lowest BCUT2D eigenvalue weighted by atomic mass is 9.79. The minimum Gasteiger partial charge on any atom is -0.399 e. The summed E-state index contributed by atoms with van der Waals surface area (Å²) in [6.07, 6.45) is 0. The zero-order chi connectivity index (χ0) is 26.3. The summed E-state index contributed by atoms with van der Waals surface area (Å²) in [5, 5.41) is 2.65. The van der Waals surface area contributed by atoms with Crippen LogP contribution in [-0.4, -0.2) is 22.9 Å². The number of nitrogens with zero attached hydrogens (tertiary/aromatic N) is 1. The van der Waals surface area contributed by atoms with E-state index >= 15 is 0 Å². The molecule has 1 aliphatic heterocycles. The highest BCUT2D eigenvalue weighted by Gasteiger charge is 2.51. The van der Waals surface area contributed by atoms with E-state index < -0.39 is 0 Å². The Balaban J connectivity index is 1.77. The van der Waals surface area contributed by atoms with Crippen LogP contribution in [0.4, 0.5) is 0 Å². The lowest BCUT2D eigenvalue weighted by molar-refractivity contribution is 0.00578. The van der Waals surface area contributed by atoms with Gasteiger partial charge in [0.1, 0.15) is 0 Å². The molecule has 2 heterocycles. The molecular weight excluding hydrogens is 441 g/mol. The maximum atomic E-state index is 6.38. The highest BCUT2D eigenvalue weighted by atomic mass is 16.7. The number of fused-ring (bicyclic) bond motifs is 3. The highest BCUT2D eigenvalue weighted by molar-refractivity contribution is 6.62. The van der Waals surface area contributed by atoms with Crippen molar-refractivity contribution in [3.8, 4) is 5.69 Å². The number of hydrogen-bond donors (Lipinski definition) is 0. The van der Waals surface area contributed by atoms with Crippen LogP contribution in [0.15, 0.2) is 60.7 Å². The monoisotopic (exact) mass is 481 g/mol. The van der Waals surface area contributed by atoms with Crippen molar-refractivity contribution in [2.75, 3.05) is 0 Å². The molecule has 188 valence electrons. The maximum absolute atomic E-state index is 6.38. The van der Waals surface area contributed by atoms with Crippen LogP contribution >= 0.6 is 0 Å². The second-order valence-electron chi connectivity index (χ2n) is 13.5. The van der Waals surface area contributed by atoms with Gasteiger partial charge in [-0.25, -0.2) is 0 Å². The molecule has 0 unspecified atom stereocenters. The van der Waals surface area contributed by atoms with Gasteiger partial charge in [-0.15, -0.1) is 0 Å². The Labute approximate surface area is 216 Å². The SMILES string of the molecule is CC(C)(C)c1ccc2c(c1)c1c(C(C)(C)C)cccc1n2-c1cccc(B2OC(C)(C)C(C)(C)O2)c1. The second-order valence-corrected chi connectivity index (χ2v) is 13.5. The molecule has 0 N–H and O–H groups in total. The van der Waals surface area contributed by atoms with Gasteiger partial charge in [-0.1, -0.05) is 71.9 Å². The van der Waals surface area contributed by atoms with E-state index in [0.717, 1.165) is 11.2 Å². The molecule has 0 radical (unpaired) electrons. The van der Waals surface area contributed by atoms with Crippen molar-refractivity contribution in [3.63, 3.8) is 0 Å². The van der Waals surface area contributed by atoms with E-state index in [9.17, 15) is 0 Å². The summed E-state index contributed by atoms with van der Waals surface area (Å²) in [5.74, 6) is 0. The fourth-order valence-corrected chi connectivity index (χ4v) is 5.23. The first-order valence-corrected chi connectivity index (χ1v) is 13.1. The van der Waals surface area contributed by atoms with E-state index in [1.165, 1.54) is 32.9 Å². The third-order valence-corrected chi connectivity index (χ3v) is 8.12. The third kappa shape index (κ3) is 3.99. The minimum atomic E-state index is -0.388. The molecular formula is C32H40BNO2. The summed E-state index contributed by atoms with van der Waals surface area (Å²) < 4.78 is 15.2. The Morgan fingerprint density at radius 2 is 1.33 bits per heavy atom.